The lowest BCUT2D eigenvalue weighted by atomic mass is 10.0. The molecule has 2 N–H and O–H groups in total. The number of hydrogen-bond acceptors (Lipinski definition) is 2. The van der Waals surface area contributed by atoms with Crippen LogP contribution in [0.15, 0.2) is 30.3 Å². The van der Waals surface area contributed by atoms with Gasteiger partial charge in [-0.1, -0.05) is 37.3 Å². The van der Waals surface area contributed by atoms with Crippen LogP contribution in [0.1, 0.15) is 39.7 Å². The summed E-state index contributed by atoms with van der Waals surface area (Å²) >= 11 is 0. The van der Waals surface area contributed by atoms with Gasteiger partial charge in [0.2, 0.25) is 5.91 Å². The van der Waals surface area contributed by atoms with E-state index < -0.39 is 0 Å². The molecule has 0 spiro atoms. The topological polar surface area (TPSA) is 41.1 Å². The zero-order valence-electron chi connectivity index (χ0n) is 12.5. The van der Waals surface area contributed by atoms with Crippen LogP contribution in [0.5, 0.6) is 0 Å². The van der Waals surface area contributed by atoms with E-state index in [1.807, 2.05) is 39.0 Å². The number of nitrogens with one attached hydrogen (secondary N) is 2. The minimum absolute atomic E-state index is 0.0694. The molecule has 0 aliphatic heterocycles. The van der Waals surface area contributed by atoms with E-state index in [1.165, 1.54) is 5.56 Å². The van der Waals surface area contributed by atoms with E-state index in [1.54, 1.807) is 0 Å². The number of amides is 1. The Labute approximate surface area is 116 Å². The Morgan fingerprint density at radius 3 is 2.47 bits per heavy atom. The molecule has 1 atom stereocenters. The Hall–Kier alpha value is -1.35. The number of hydrogen-bond donors (Lipinski definition) is 2. The van der Waals surface area contributed by atoms with E-state index in [9.17, 15) is 4.79 Å². The maximum absolute atomic E-state index is 12.0. The smallest absolute Gasteiger partial charge is 0.237 e. The number of carbonyl (C=O) groups excluding carboxylic acids is 1. The summed E-state index contributed by atoms with van der Waals surface area (Å²) in [6.45, 7) is 8.88. The van der Waals surface area contributed by atoms with Gasteiger partial charge in [-0.15, -0.1) is 0 Å². The Morgan fingerprint density at radius 2 is 1.89 bits per heavy atom. The van der Waals surface area contributed by atoms with Gasteiger partial charge in [-0.05, 0) is 45.7 Å². The van der Waals surface area contributed by atoms with Gasteiger partial charge in [0.1, 0.15) is 0 Å². The molecular weight excluding hydrogens is 236 g/mol. The fourth-order valence-electron chi connectivity index (χ4n) is 1.70. The average Bonchev–Trinajstić information content (AvgIpc) is 2.39. The van der Waals surface area contributed by atoms with Gasteiger partial charge in [-0.3, -0.25) is 4.79 Å². The maximum Gasteiger partial charge on any atom is 0.237 e. The standard InChI is InChI=1S/C16H26N2O/c1-5-16(3,4)18-15(19)13(2)17-12-11-14-9-7-6-8-10-14/h6-10,13,17H,5,11-12H2,1-4H3,(H,18,19). The first kappa shape index (κ1) is 15.7. The monoisotopic (exact) mass is 262 g/mol. The highest BCUT2D eigenvalue weighted by Crippen LogP contribution is 2.07. The van der Waals surface area contributed by atoms with Crippen LogP contribution in [-0.2, 0) is 11.2 Å². The second-order valence-corrected chi connectivity index (χ2v) is 5.64. The lowest BCUT2D eigenvalue weighted by Crippen LogP contribution is -2.50. The minimum Gasteiger partial charge on any atom is -0.350 e. The molecule has 1 amide bonds. The van der Waals surface area contributed by atoms with Crippen LogP contribution in [0, 0.1) is 0 Å². The second-order valence-electron chi connectivity index (χ2n) is 5.64. The second kappa shape index (κ2) is 7.29. The van der Waals surface area contributed by atoms with Crippen LogP contribution < -0.4 is 10.6 Å². The minimum atomic E-state index is -0.158. The van der Waals surface area contributed by atoms with Crippen molar-refractivity contribution in [2.75, 3.05) is 6.54 Å². The predicted octanol–water partition coefficient (Wildman–Crippen LogP) is 2.51. The summed E-state index contributed by atoms with van der Waals surface area (Å²) in [5, 5.41) is 6.32. The van der Waals surface area contributed by atoms with Crippen molar-refractivity contribution in [3.63, 3.8) is 0 Å². The highest BCUT2D eigenvalue weighted by molar-refractivity contribution is 5.81. The molecule has 1 unspecified atom stereocenters. The Morgan fingerprint density at radius 1 is 1.26 bits per heavy atom. The normalized spacial score (nSPS) is 13.1. The molecule has 0 radical (unpaired) electrons. The first-order chi connectivity index (χ1) is 8.94. The van der Waals surface area contributed by atoms with Crippen molar-refractivity contribution in [2.24, 2.45) is 0 Å². The van der Waals surface area contributed by atoms with Gasteiger partial charge in [-0.2, -0.15) is 0 Å². The van der Waals surface area contributed by atoms with Crippen molar-refractivity contribution in [3.8, 4) is 0 Å². The van der Waals surface area contributed by atoms with E-state index in [4.69, 9.17) is 0 Å². The van der Waals surface area contributed by atoms with E-state index >= 15 is 0 Å². The maximum atomic E-state index is 12.0. The molecule has 0 bridgehead atoms. The third kappa shape index (κ3) is 5.88. The predicted molar refractivity (Wildman–Crippen MR) is 80.1 cm³/mol. The lowest BCUT2D eigenvalue weighted by Gasteiger charge is -2.26. The SMILES string of the molecule is CCC(C)(C)NC(=O)C(C)NCCc1ccccc1. The lowest BCUT2D eigenvalue weighted by molar-refractivity contribution is -0.124. The Bertz CT molecular complexity index is 387. The fourth-order valence-corrected chi connectivity index (χ4v) is 1.70. The van der Waals surface area contributed by atoms with Crippen LogP contribution in [-0.4, -0.2) is 24.0 Å². The molecule has 1 aromatic carbocycles. The summed E-state index contributed by atoms with van der Waals surface area (Å²) in [7, 11) is 0. The molecule has 1 rings (SSSR count). The van der Waals surface area contributed by atoms with Gasteiger partial charge < -0.3 is 10.6 Å². The highest BCUT2D eigenvalue weighted by Gasteiger charge is 2.21. The Kier molecular flexibility index (Phi) is 6.03. The molecule has 0 aliphatic carbocycles. The molecule has 3 nitrogen and oxygen atoms in total. The van der Waals surface area contributed by atoms with E-state index in [-0.39, 0.29) is 17.5 Å². The van der Waals surface area contributed by atoms with Crippen molar-refractivity contribution in [2.45, 2.75) is 52.1 Å². The first-order valence-electron chi connectivity index (χ1n) is 7.04. The molecule has 106 valence electrons. The van der Waals surface area contributed by atoms with E-state index in [0.29, 0.717) is 0 Å². The largest absolute Gasteiger partial charge is 0.350 e. The van der Waals surface area contributed by atoms with E-state index in [2.05, 4.69) is 29.7 Å². The van der Waals surface area contributed by atoms with Crippen LogP contribution in [0.3, 0.4) is 0 Å². The summed E-state index contributed by atoms with van der Waals surface area (Å²) in [5.41, 5.74) is 1.16. The summed E-state index contributed by atoms with van der Waals surface area (Å²) in [6.07, 6.45) is 1.87. The van der Waals surface area contributed by atoms with Gasteiger partial charge in [-0.25, -0.2) is 0 Å². The molecule has 19 heavy (non-hydrogen) atoms. The van der Waals surface area contributed by atoms with Crippen LogP contribution >= 0.6 is 0 Å². The van der Waals surface area contributed by atoms with Gasteiger partial charge in [0, 0.05) is 5.54 Å². The zero-order chi connectivity index (χ0) is 14.3. The summed E-state index contributed by atoms with van der Waals surface area (Å²) in [5.74, 6) is 0.0694. The number of carbonyl (C=O) groups is 1. The van der Waals surface area contributed by atoms with Crippen molar-refractivity contribution < 1.29 is 4.79 Å². The molecule has 0 saturated heterocycles. The van der Waals surface area contributed by atoms with E-state index in [0.717, 1.165) is 19.4 Å². The summed E-state index contributed by atoms with van der Waals surface area (Å²) in [4.78, 5) is 12.0. The number of benzene rings is 1. The molecule has 0 heterocycles. The quantitative estimate of drug-likeness (QED) is 0.793. The molecule has 0 fully saturated rings. The van der Waals surface area contributed by atoms with Crippen molar-refractivity contribution in [1.82, 2.24) is 10.6 Å². The zero-order valence-corrected chi connectivity index (χ0v) is 12.5. The van der Waals surface area contributed by atoms with Gasteiger partial charge in [0.25, 0.3) is 0 Å². The summed E-state index contributed by atoms with van der Waals surface area (Å²) in [6, 6.07) is 10.1. The van der Waals surface area contributed by atoms with Crippen LogP contribution in [0.4, 0.5) is 0 Å². The Balaban J connectivity index is 2.31. The average molecular weight is 262 g/mol. The first-order valence-corrected chi connectivity index (χ1v) is 7.04. The highest BCUT2D eigenvalue weighted by atomic mass is 16.2. The van der Waals surface area contributed by atoms with Gasteiger partial charge in [0.15, 0.2) is 0 Å². The number of rotatable bonds is 7. The van der Waals surface area contributed by atoms with Gasteiger partial charge >= 0.3 is 0 Å². The molecule has 0 aromatic heterocycles. The van der Waals surface area contributed by atoms with Crippen molar-refractivity contribution >= 4 is 5.91 Å². The van der Waals surface area contributed by atoms with Crippen molar-refractivity contribution in [1.29, 1.82) is 0 Å². The fraction of sp³-hybridized carbons (Fsp3) is 0.562. The molecule has 3 heteroatoms. The van der Waals surface area contributed by atoms with Crippen molar-refractivity contribution in [3.05, 3.63) is 35.9 Å². The molecule has 0 aliphatic rings. The molecule has 1 aromatic rings. The van der Waals surface area contributed by atoms with Crippen LogP contribution in [0.2, 0.25) is 0 Å². The molecular formula is C16H26N2O. The molecule has 0 saturated carbocycles. The van der Waals surface area contributed by atoms with Crippen LogP contribution in [0.25, 0.3) is 0 Å². The summed E-state index contributed by atoms with van der Waals surface area (Å²) < 4.78 is 0. The van der Waals surface area contributed by atoms with Gasteiger partial charge in [0.05, 0.1) is 6.04 Å². The third-order valence-electron chi connectivity index (χ3n) is 3.45. The third-order valence-corrected chi connectivity index (χ3v) is 3.45.